The molecule has 4 saturated carbocycles. The van der Waals surface area contributed by atoms with Crippen molar-refractivity contribution in [3.63, 3.8) is 0 Å². The van der Waals surface area contributed by atoms with Crippen LogP contribution >= 0.6 is 0 Å². The molecule has 0 aromatic rings. The lowest BCUT2D eigenvalue weighted by molar-refractivity contribution is -0.164. The van der Waals surface area contributed by atoms with Crippen molar-refractivity contribution in [2.45, 2.75) is 105 Å². The number of carbonyl (C=O) groups excluding carboxylic acids is 2. The summed E-state index contributed by atoms with van der Waals surface area (Å²) in [6, 6.07) is 0. The Bertz CT molecular complexity index is 659. The molecule has 0 aliphatic heterocycles. The summed E-state index contributed by atoms with van der Waals surface area (Å²) >= 11 is 0. The van der Waals surface area contributed by atoms with Gasteiger partial charge in [0.1, 0.15) is 12.2 Å². The molecule has 4 aliphatic carbocycles. The van der Waals surface area contributed by atoms with Crippen LogP contribution in [0.1, 0.15) is 92.4 Å². The van der Waals surface area contributed by atoms with Crippen molar-refractivity contribution in [1.29, 1.82) is 0 Å². The van der Waals surface area contributed by atoms with Gasteiger partial charge >= 0.3 is 11.9 Å². The zero-order valence-electron chi connectivity index (χ0n) is 19.0. The van der Waals surface area contributed by atoms with E-state index in [0.29, 0.717) is 22.7 Å². The Labute approximate surface area is 176 Å². The molecule has 4 rings (SSSR count). The minimum atomic E-state index is -0.143. The molecule has 0 amide bonds. The number of rotatable bonds is 3. The second-order valence-electron chi connectivity index (χ2n) is 11.2. The summed E-state index contributed by atoms with van der Waals surface area (Å²) in [5.74, 6) is 3.32. The second kappa shape index (κ2) is 7.57. The molecule has 0 N–H and O–H groups in total. The van der Waals surface area contributed by atoms with Crippen molar-refractivity contribution in [3.05, 3.63) is 0 Å². The summed E-state index contributed by atoms with van der Waals surface area (Å²) in [6.07, 6.45) is 11.2. The molecule has 4 nitrogen and oxygen atoms in total. The van der Waals surface area contributed by atoms with E-state index in [2.05, 4.69) is 20.8 Å². The number of carbonyl (C=O) groups is 2. The maximum absolute atomic E-state index is 11.5. The van der Waals surface area contributed by atoms with E-state index in [1.807, 2.05) is 0 Å². The van der Waals surface area contributed by atoms with Gasteiger partial charge in [-0.3, -0.25) is 9.59 Å². The highest BCUT2D eigenvalue weighted by Gasteiger charge is 2.61. The molecule has 0 unspecified atom stereocenters. The maximum Gasteiger partial charge on any atom is 0.302 e. The predicted octanol–water partition coefficient (Wildman–Crippen LogP) is 5.53. The van der Waals surface area contributed by atoms with E-state index in [0.717, 1.165) is 30.6 Å². The summed E-state index contributed by atoms with van der Waals surface area (Å²) in [7, 11) is 0. The van der Waals surface area contributed by atoms with Crippen LogP contribution in [0, 0.1) is 40.4 Å². The molecule has 4 fully saturated rings. The Hall–Kier alpha value is -1.06. The summed E-state index contributed by atoms with van der Waals surface area (Å²) < 4.78 is 11.3. The molecule has 9 atom stereocenters. The van der Waals surface area contributed by atoms with Crippen molar-refractivity contribution in [3.8, 4) is 0 Å². The van der Waals surface area contributed by atoms with Gasteiger partial charge in [0.05, 0.1) is 0 Å². The lowest BCUT2D eigenvalue weighted by Gasteiger charge is -2.61. The van der Waals surface area contributed by atoms with Gasteiger partial charge < -0.3 is 9.47 Å². The molecule has 4 aliphatic rings. The third kappa shape index (κ3) is 3.53. The monoisotopic (exact) mass is 404 g/mol. The first-order valence-corrected chi connectivity index (χ1v) is 12.0. The Kier molecular flexibility index (Phi) is 5.53. The molecule has 0 heterocycles. The van der Waals surface area contributed by atoms with Gasteiger partial charge in [-0.05, 0) is 99.2 Å². The van der Waals surface area contributed by atoms with Crippen molar-refractivity contribution in [1.82, 2.24) is 0 Å². The normalized spacial score (nSPS) is 47.3. The van der Waals surface area contributed by atoms with E-state index in [9.17, 15) is 9.59 Å². The molecule has 164 valence electrons. The summed E-state index contributed by atoms with van der Waals surface area (Å²) in [5, 5.41) is 0. The first-order chi connectivity index (χ1) is 13.6. The SMILES string of the molecule is CC(=O)O[C@@H]1CC[C@@]2(C)[C@H](CC[C@@H]3[C@@H]2CC[C@]2(C)[C@@H]([C@H](C)OC(C)=O)CC[C@@H]32)C1. The molecular weight excluding hydrogens is 364 g/mol. The number of hydrogen-bond acceptors (Lipinski definition) is 4. The van der Waals surface area contributed by atoms with Crippen LogP contribution in [0.2, 0.25) is 0 Å². The van der Waals surface area contributed by atoms with Crippen LogP contribution in [-0.4, -0.2) is 24.1 Å². The Morgan fingerprint density at radius 1 is 0.862 bits per heavy atom. The molecule has 0 bridgehead atoms. The van der Waals surface area contributed by atoms with Crippen LogP contribution < -0.4 is 0 Å². The largest absolute Gasteiger partial charge is 0.463 e. The highest BCUT2D eigenvalue weighted by Crippen LogP contribution is 2.68. The number of ether oxygens (including phenoxy) is 2. The van der Waals surface area contributed by atoms with Gasteiger partial charge in [-0.1, -0.05) is 13.8 Å². The average Bonchev–Trinajstić information content (AvgIpc) is 2.98. The Balaban J connectivity index is 1.50. The fourth-order valence-electron chi connectivity index (χ4n) is 8.72. The number of esters is 2. The fraction of sp³-hybridized carbons (Fsp3) is 0.920. The van der Waals surface area contributed by atoms with Crippen molar-refractivity contribution in [2.75, 3.05) is 0 Å². The lowest BCUT2D eigenvalue weighted by atomic mass is 9.44. The molecule has 0 aromatic heterocycles. The van der Waals surface area contributed by atoms with Gasteiger partial charge in [0.25, 0.3) is 0 Å². The second-order valence-corrected chi connectivity index (χ2v) is 11.2. The lowest BCUT2D eigenvalue weighted by Crippen LogP contribution is -2.54. The van der Waals surface area contributed by atoms with Gasteiger partial charge in [-0.15, -0.1) is 0 Å². The topological polar surface area (TPSA) is 52.6 Å². The van der Waals surface area contributed by atoms with Crippen molar-refractivity contribution in [2.24, 2.45) is 40.4 Å². The smallest absolute Gasteiger partial charge is 0.302 e. The van der Waals surface area contributed by atoms with E-state index in [1.165, 1.54) is 51.9 Å². The standard InChI is InChI=1S/C25H40O4/c1-15(28-16(2)26)21-8-9-22-20-7-6-18-14-19(29-17(3)27)10-12-24(18,4)23(20)11-13-25(21,22)5/h15,18-23H,6-14H2,1-5H3/t15-,18+,19+,20-,21+,22-,23-,24-,25+/m0/s1. The molecule has 4 heteroatoms. The third-order valence-electron chi connectivity index (χ3n) is 9.94. The van der Waals surface area contributed by atoms with Gasteiger partial charge in [0.2, 0.25) is 0 Å². The number of hydrogen-bond donors (Lipinski definition) is 0. The molecule has 0 aromatic carbocycles. The first-order valence-electron chi connectivity index (χ1n) is 12.0. The van der Waals surface area contributed by atoms with E-state index in [4.69, 9.17) is 9.47 Å². The number of fused-ring (bicyclic) bond motifs is 5. The molecule has 0 spiro atoms. The van der Waals surface area contributed by atoms with Gasteiger partial charge in [0.15, 0.2) is 0 Å². The van der Waals surface area contributed by atoms with Crippen LogP contribution in [0.4, 0.5) is 0 Å². The van der Waals surface area contributed by atoms with Gasteiger partial charge in [0, 0.05) is 19.8 Å². The van der Waals surface area contributed by atoms with Gasteiger partial charge in [-0.25, -0.2) is 0 Å². The van der Waals surface area contributed by atoms with Crippen LogP contribution in [0.3, 0.4) is 0 Å². The van der Waals surface area contributed by atoms with Crippen molar-refractivity contribution < 1.29 is 19.1 Å². The zero-order chi connectivity index (χ0) is 21.0. The fourth-order valence-corrected chi connectivity index (χ4v) is 8.72. The minimum Gasteiger partial charge on any atom is -0.463 e. The van der Waals surface area contributed by atoms with Crippen LogP contribution in [0.5, 0.6) is 0 Å². The summed E-state index contributed by atoms with van der Waals surface area (Å²) in [4.78, 5) is 23.0. The third-order valence-corrected chi connectivity index (χ3v) is 9.94. The Morgan fingerprint density at radius 2 is 1.55 bits per heavy atom. The van der Waals surface area contributed by atoms with Gasteiger partial charge in [-0.2, -0.15) is 0 Å². The van der Waals surface area contributed by atoms with E-state index in [1.54, 1.807) is 6.92 Å². The summed E-state index contributed by atoms with van der Waals surface area (Å²) in [6.45, 7) is 10.2. The zero-order valence-corrected chi connectivity index (χ0v) is 19.0. The van der Waals surface area contributed by atoms with Crippen LogP contribution in [0.15, 0.2) is 0 Å². The first kappa shape index (κ1) is 21.2. The van der Waals surface area contributed by atoms with Crippen LogP contribution in [0.25, 0.3) is 0 Å². The highest BCUT2D eigenvalue weighted by atomic mass is 16.5. The van der Waals surface area contributed by atoms with Crippen molar-refractivity contribution >= 4 is 11.9 Å². The van der Waals surface area contributed by atoms with E-state index >= 15 is 0 Å². The molecule has 0 saturated heterocycles. The van der Waals surface area contributed by atoms with E-state index in [-0.39, 0.29) is 24.1 Å². The molecular formula is C25H40O4. The average molecular weight is 405 g/mol. The minimum absolute atomic E-state index is 0.0325. The summed E-state index contributed by atoms with van der Waals surface area (Å²) in [5.41, 5.74) is 0.717. The van der Waals surface area contributed by atoms with Crippen LogP contribution in [-0.2, 0) is 19.1 Å². The van der Waals surface area contributed by atoms with E-state index < -0.39 is 0 Å². The Morgan fingerprint density at radius 3 is 2.24 bits per heavy atom. The molecule has 0 radical (unpaired) electrons. The highest BCUT2D eigenvalue weighted by molar-refractivity contribution is 5.66. The maximum atomic E-state index is 11.5. The predicted molar refractivity (Wildman–Crippen MR) is 112 cm³/mol. The quantitative estimate of drug-likeness (QED) is 0.581. The molecule has 29 heavy (non-hydrogen) atoms.